The molecule has 1 aliphatic rings. The highest BCUT2D eigenvalue weighted by molar-refractivity contribution is 5.33. The summed E-state index contributed by atoms with van der Waals surface area (Å²) in [6.07, 6.45) is 6.79. The Morgan fingerprint density at radius 2 is 2.00 bits per heavy atom. The van der Waals surface area contributed by atoms with Gasteiger partial charge in [0.2, 0.25) is 0 Å². The number of methoxy groups -OCH3 is 1. The van der Waals surface area contributed by atoms with Crippen LogP contribution in [-0.4, -0.2) is 20.2 Å². The first kappa shape index (κ1) is 14.4. The lowest BCUT2D eigenvalue weighted by atomic mass is 9.85. The van der Waals surface area contributed by atoms with Gasteiger partial charge in [-0.1, -0.05) is 50.8 Å². The van der Waals surface area contributed by atoms with Gasteiger partial charge < -0.3 is 10.1 Å². The lowest BCUT2D eigenvalue weighted by Gasteiger charge is -2.24. The van der Waals surface area contributed by atoms with Gasteiger partial charge in [0.05, 0.1) is 7.11 Å². The van der Waals surface area contributed by atoms with E-state index in [9.17, 15) is 0 Å². The normalized spacial score (nSPS) is 17.6. The fraction of sp³-hybridized carbons (Fsp3) is 0.647. The Morgan fingerprint density at radius 1 is 1.26 bits per heavy atom. The summed E-state index contributed by atoms with van der Waals surface area (Å²) in [6, 6.07) is 8.47. The Hall–Kier alpha value is -1.02. The number of nitrogens with one attached hydrogen (secondary N) is 1. The first-order chi connectivity index (χ1) is 9.35. The van der Waals surface area contributed by atoms with Crippen molar-refractivity contribution in [3.8, 4) is 5.75 Å². The van der Waals surface area contributed by atoms with Gasteiger partial charge in [-0.3, -0.25) is 0 Å². The minimum absolute atomic E-state index is 0.749. The van der Waals surface area contributed by atoms with Gasteiger partial charge in [-0.2, -0.15) is 0 Å². The molecule has 2 heteroatoms. The van der Waals surface area contributed by atoms with Crippen LogP contribution >= 0.6 is 0 Å². The molecule has 2 rings (SSSR count). The van der Waals surface area contributed by atoms with Crippen LogP contribution in [0.25, 0.3) is 0 Å². The zero-order chi connectivity index (χ0) is 13.5. The number of benzene rings is 1. The molecule has 1 saturated carbocycles. The summed E-state index contributed by atoms with van der Waals surface area (Å²) in [4.78, 5) is 0. The van der Waals surface area contributed by atoms with E-state index in [1.807, 2.05) is 0 Å². The quantitative estimate of drug-likeness (QED) is 0.809. The van der Waals surface area contributed by atoms with Gasteiger partial charge >= 0.3 is 0 Å². The van der Waals surface area contributed by atoms with Crippen molar-refractivity contribution in [2.24, 2.45) is 11.8 Å². The summed E-state index contributed by atoms with van der Waals surface area (Å²) >= 11 is 0. The van der Waals surface area contributed by atoms with Crippen LogP contribution in [0.2, 0.25) is 0 Å². The summed E-state index contributed by atoms with van der Waals surface area (Å²) in [5.74, 6) is 2.68. The molecule has 0 bridgehead atoms. The first-order valence-electron chi connectivity index (χ1n) is 7.67. The van der Waals surface area contributed by atoms with Crippen LogP contribution in [0.4, 0.5) is 0 Å². The first-order valence-corrected chi connectivity index (χ1v) is 7.67. The van der Waals surface area contributed by atoms with Crippen molar-refractivity contribution in [3.05, 3.63) is 29.8 Å². The minimum atomic E-state index is 0.749. The van der Waals surface area contributed by atoms with Crippen LogP contribution in [0.5, 0.6) is 5.75 Å². The average molecular weight is 261 g/mol. The predicted octanol–water partition coefficient (Wildman–Crippen LogP) is 3.65. The lowest BCUT2D eigenvalue weighted by molar-refractivity contribution is 0.318. The molecule has 1 unspecified atom stereocenters. The fourth-order valence-corrected chi connectivity index (χ4v) is 3.32. The Bertz CT molecular complexity index is 371. The number of ether oxygens (including phenoxy) is 1. The molecule has 19 heavy (non-hydrogen) atoms. The second kappa shape index (κ2) is 7.54. The highest BCUT2D eigenvalue weighted by atomic mass is 16.5. The van der Waals surface area contributed by atoms with Gasteiger partial charge in [0.25, 0.3) is 0 Å². The van der Waals surface area contributed by atoms with Crippen molar-refractivity contribution in [1.82, 2.24) is 5.32 Å². The van der Waals surface area contributed by atoms with Crippen molar-refractivity contribution in [2.45, 2.75) is 39.0 Å². The van der Waals surface area contributed by atoms with Gasteiger partial charge in [0.15, 0.2) is 0 Å². The molecule has 0 amide bonds. The van der Waals surface area contributed by atoms with Crippen LogP contribution in [0.3, 0.4) is 0 Å². The zero-order valence-corrected chi connectivity index (χ0v) is 12.3. The molecule has 1 aromatic rings. The minimum Gasteiger partial charge on any atom is -0.496 e. The van der Waals surface area contributed by atoms with E-state index in [0.29, 0.717) is 0 Å². The summed E-state index contributed by atoms with van der Waals surface area (Å²) < 4.78 is 5.49. The third kappa shape index (κ3) is 3.97. The van der Waals surface area contributed by atoms with Gasteiger partial charge in [0.1, 0.15) is 5.75 Å². The Morgan fingerprint density at radius 3 is 2.68 bits per heavy atom. The van der Waals surface area contributed by atoms with Crippen LogP contribution in [-0.2, 0) is 6.42 Å². The molecule has 1 atom stereocenters. The monoisotopic (exact) mass is 261 g/mol. The third-order valence-electron chi connectivity index (χ3n) is 4.40. The molecule has 0 saturated heterocycles. The van der Waals surface area contributed by atoms with E-state index < -0.39 is 0 Å². The summed E-state index contributed by atoms with van der Waals surface area (Å²) in [5.41, 5.74) is 1.36. The van der Waals surface area contributed by atoms with Gasteiger partial charge in [-0.25, -0.2) is 0 Å². The second-order valence-electron chi connectivity index (χ2n) is 5.63. The van der Waals surface area contributed by atoms with E-state index in [1.54, 1.807) is 7.11 Å². The predicted molar refractivity (Wildman–Crippen MR) is 80.7 cm³/mol. The van der Waals surface area contributed by atoms with Crippen LogP contribution in [0.1, 0.15) is 38.2 Å². The van der Waals surface area contributed by atoms with Crippen molar-refractivity contribution in [2.75, 3.05) is 20.2 Å². The van der Waals surface area contributed by atoms with Crippen LogP contribution < -0.4 is 10.1 Å². The molecule has 0 aromatic heterocycles. The maximum Gasteiger partial charge on any atom is 0.122 e. The van der Waals surface area contributed by atoms with Gasteiger partial charge in [0, 0.05) is 0 Å². The number of hydrogen-bond donors (Lipinski definition) is 1. The average Bonchev–Trinajstić information content (AvgIpc) is 2.98. The molecule has 0 aliphatic heterocycles. The zero-order valence-electron chi connectivity index (χ0n) is 12.3. The van der Waals surface area contributed by atoms with Crippen LogP contribution in [0.15, 0.2) is 24.3 Å². The Labute approximate surface area is 117 Å². The topological polar surface area (TPSA) is 21.3 Å². The smallest absolute Gasteiger partial charge is 0.122 e. The second-order valence-corrected chi connectivity index (χ2v) is 5.63. The molecule has 1 aliphatic carbocycles. The molecule has 2 nitrogen and oxygen atoms in total. The SMILES string of the molecule is CCNCC(Cc1ccccc1OC)C1CCCC1. The largest absolute Gasteiger partial charge is 0.496 e. The summed E-state index contributed by atoms with van der Waals surface area (Å²) in [7, 11) is 1.77. The molecule has 1 fully saturated rings. The number of rotatable bonds is 7. The molecule has 1 aromatic carbocycles. The maximum atomic E-state index is 5.49. The van der Waals surface area contributed by atoms with E-state index in [0.717, 1.165) is 37.1 Å². The molecule has 1 N–H and O–H groups in total. The van der Waals surface area contributed by atoms with Gasteiger partial charge in [-0.15, -0.1) is 0 Å². The molecule has 106 valence electrons. The van der Waals surface area contributed by atoms with Crippen molar-refractivity contribution in [1.29, 1.82) is 0 Å². The number of para-hydroxylation sites is 1. The van der Waals surface area contributed by atoms with E-state index in [4.69, 9.17) is 4.74 Å². The van der Waals surface area contributed by atoms with Crippen molar-refractivity contribution in [3.63, 3.8) is 0 Å². The number of hydrogen-bond acceptors (Lipinski definition) is 2. The summed E-state index contributed by atoms with van der Waals surface area (Å²) in [6.45, 7) is 4.39. The summed E-state index contributed by atoms with van der Waals surface area (Å²) in [5, 5.41) is 3.54. The lowest BCUT2D eigenvalue weighted by Crippen LogP contribution is -2.29. The maximum absolute atomic E-state index is 5.49. The van der Waals surface area contributed by atoms with Crippen molar-refractivity contribution >= 4 is 0 Å². The highest BCUT2D eigenvalue weighted by Crippen LogP contribution is 2.34. The molecular formula is C17H27NO. The fourth-order valence-electron chi connectivity index (χ4n) is 3.32. The molecule has 0 heterocycles. The standard InChI is InChI=1S/C17H27NO/c1-3-18-13-16(14-8-4-5-9-14)12-15-10-6-7-11-17(15)19-2/h6-7,10-11,14,16,18H,3-5,8-9,12-13H2,1-2H3. The van der Waals surface area contributed by atoms with Crippen molar-refractivity contribution < 1.29 is 4.74 Å². The Kier molecular flexibility index (Phi) is 5.71. The Balaban J connectivity index is 2.05. The van der Waals surface area contributed by atoms with E-state index in [2.05, 4.69) is 36.5 Å². The van der Waals surface area contributed by atoms with E-state index >= 15 is 0 Å². The third-order valence-corrected chi connectivity index (χ3v) is 4.40. The molecule has 0 spiro atoms. The van der Waals surface area contributed by atoms with E-state index in [-0.39, 0.29) is 0 Å². The molecular weight excluding hydrogens is 234 g/mol. The van der Waals surface area contributed by atoms with E-state index in [1.165, 1.54) is 31.2 Å². The van der Waals surface area contributed by atoms with Crippen LogP contribution in [0, 0.1) is 11.8 Å². The van der Waals surface area contributed by atoms with Gasteiger partial charge in [-0.05, 0) is 43.0 Å². The highest BCUT2D eigenvalue weighted by Gasteiger charge is 2.25. The molecule has 0 radical (unpaired) electrons.